The van der Waals surface area contributed by atoms with Gasteiger partial charge >= 0.3 is 0 Å². The van der Waals surface area contributed by atoms with E-state index in [1.165, 1.54) is 37.9 Å². The molecular weight excluding hydrogens is 464 g/mol. The molecule has 4 rings (SSSR count). The van der Waals surface area contributed by atoms with Gasteiger partial charge in [-0.15, -0.1) is 0 Å². The molecule has 0 saturated carbocycles. The summed E-state index contributed by atoms with van der Waals surface area (Å²) in [6.45, 7) is 6.06. The molecule has 0 aliphatic rings. The predicted octanol–water partition coefficient (Wildman–Crippen LogP) is 6.31. The Morgan fingerprint density at radius 2 is 1.12 bits per heavy atom. The predicted molar refractivity (Wildman–Crippen MR) is 137 cm³/mol. The van der Waals surface area contributed by atoms with E-state index in [0.717, 1.165) is 11.3 Å². The zero-order valence-electron chi connectivity index (χ0n) is 19.7. The number of aryl methyl sites for hydroxylation is 3. The van der Waals surface area contributed by atoms with Gasteiger partial charge in [0.1, 0.15) is 15.9 Å². The summed E-state index contributed by atoms with van der Waals surface area (Å²) < 4.78 is 36.7. The molecule has 0 aliphatic carbocycles. The van der Waals surface area contributed by atoms with Crippen LogP contribution in [0, 0.1) is 20.8 Å². The van der Waals surface area contributed by atoms with Gasteiger partial charge in [0.15, 0.2) is 14.7 Å². The minimum Gasteiger partial charge on any atom is -0.744 e. The van der Waals surface area contributed by atoms with Crippen molar-refractivity contribution >= 4 is 21.0 Å². The summed E-state index contributed by atoms with van der Waals surface area (Å²) in [6, 6.07) is 31.7. The summed E-state index contributed by atoms with van der Waals surface area (Å²) in [5, 5.41) is 0. The lowest BCUT2D eigenvalue weighted by atomic mass is 10.1. The fourth-order valence-electron chi connectivity index (χ4n) is 3.58. The molecule has 4 aromatic rings. The highest BCUT2D eigenvalue weighted by Gasteiger charge is 2.29. The fourth-order valence-corrected chi connectivity index (χ4v) is 6.31. The lowest BCUT2D eigenvalue weighted by molar-refractivity contribution is 0.408. The van der Waals surface area contributed by atoms with Crippen LogP contribution >= 0.6 is 0 Å². The van der Waals surface area contributed by atoms with Gasteiger partial charge in [-0.2, -0.15) is 0 Å². The molecule has 0 bridgehead atoms. The van der Waals surface area contributed by atoms with E-state index in [9.17, 15) is 13.0 Å². The van der Waals surface area contributed by atoms with Crippen LogP contribution in [-0.2, 0) is 21.0 Å². The monoisotopic (exact) mass is 492 g/mol. The standard InChI is InChI=1S/C21H21OS.C7H8O3S/c1-16-14-20(15-17(2)21(16)22-3)23(18-10-6-4-7-11-18)19-12-8-5-9-13-19;1-6-2-4-7(5-3-6)11(8,9)10/h4-15H,1-3H3;2-5H,1H3,(H,8,9,10)/q+1;/p-1. The largest absolute Gasteiger partial charge is 0.744 e. The van der Waals surface area contributed by atoms with E-state index in [2.05, 4.69) is 86.6 Å². The van der Waals surface area contributed by atoms with E-state index in [0.29, 0.717) is 0 Å². The van der Waals surface area contributed by atoms with Crippen molar-refractivity contribution in [3.05, 3.63) is 114 Å². The maximum atomic E-state index is 10.4. The Hall–Kier alpha value is -3.06. The summed E-state index contributed by atoms with van der Waals surface area (Å²) in [4.78, 5) is 3.83. The zero-order valence-corrected chi connectivity index (χ0v) is 21.3. The molecule has 4 aromatic carbocycles. The molecule has 0 aromatic heterocycles. The molecule has 0 radical (unpaired) electrons. The van der Waals surface area contributed by atoms with E-state index in [4.69, 9.17) is 4.74 Å². The third-order valence-electron chi connectivity index (χ3n) is 5.14. The molecular formula is C28H28O4S2. The van der Waals surface area contributed by atoms with Crippen LogP contribution in [0.15, 0.2) is 117 Å². The number of methoxy groups -OCH3 is 1. The van der Waals surface area contributed by atoms with Gasteiger partial charge in [-0.25, -0.2) is 8.42 Å². The number of benzene rings is 4. The van der Waals surface area contributed by atoms with Gasteiger partial charge in [-0.3, -0.25) is 0 Å². The normalized spacial score (nSPS) is 11.0. The van der Waals surface area contributed by atoms with E-state index in [-0.39, 0.29) is 15.8 Å². The second kappa shape index (κ2) is 11.4. The highest BCUT2D eigenvalue weighted by atomic mass is 32.2. The van der Waals surface area contributed by atoms with Crippen molar-refractivity contribution in [2.24, 2.45) is 0 Å². The van der Waals surface area contributed by atoms with Gasteiger partial charge in [0.25, 0.3) is 0 Å². The molecule has 6 heteroatoms. The summed E-state index contributed by atoms with van der Waals surface area (Å²) in [5.41, 5.74) is 3.30. The minimum absolute atomic E-state index is 0.101. The summed E-state index contributed by atoms with van der Waals surface area (Å²) in [5.74, 6) is 0.985. The van der Waals surface area contributed by atoms with Crippen LogP contribution in [0.5, 0.6) is 5.75 Å². The van der Waals surface area contributed by atoms with E-state index >= 15 is 0 Å². The van der Waals surface area contributed by atoms with Crippen molar-refractivity contribution in [1.82, 2.24) is 0 Å². The van der Waals surface area contributed by atoms with Crippen molar-refractivity contribution in [2.45, 2.75) is 40.4 Å². The number of rotatable bonds is 5. The maximum Gasteiger partial charge on any atom is 0.167 e. The van der Waals surface area contributed by atoms with E-state index in [1.54, 1.807) is 19.2 Å². The molecule has 0 spiro atoms. The Balaban J connectivity index is 0.000000248. The molecule has 0 amide bonds. The van der Waals surface area contributed by atoms with Crippen molar-refractivity contribution in [1.29, 1.82) is 0 Å². The summed E-state index contributed by atoms with van der Waals surface area (Å²) in [7, 11) is -2.63. The first-order valence-corrected chi connectivity index (χ1v) is 13.4. The molecule has 4 nitrogen and oxygen atoms in total. The van der Waals surface area contributed by atoms with Gasteiger partial charge in [0.05, 0.1) is 22.9 Å². The molecule has 0 fully saturated rings. The zero-order chi connectivity index (χ0) is 24.7. The van der Waals surface area contributed by atoms with Crippen LogP contribution in [0.3, 0.4) is 0 Å². The molecule has 0 atom stereocenters. The number of ether oxygens (including phenoxy) is 1. The summed E-state index contributed by atoms with van der Waals surface area (Å²) >= 11 is 0. The van der Waals surface area contributed by atoms with Crippen LogP contribution in [0.25, 0.3) is 0 Å². The van der Waals surface area contributed by atoms with E-state index in [1.807, 2.05) is 6.92 Å². The molecule has 176 valence electrons. The highest BCUT2D eigenvalue weighted by Crippen LogP contribution is 2.35. The molecule has 0 unspecified atom stereocenters. The van der Waals surface area contributed by atoms with Crippen LogP contribution in [0.4, 0.5) is 0 Å². The lowest BCUT2D eigenvalue weighted by Crippen LogP contribution is -2.06. The van der Waals surface area contributed by atoms with Crippen molar-refractivity contribution in [3.8, 4) is 5.75 Å². The molecule has 0 aliphatic heterocycles. The van der Waals surface area contributed by atoms with Crippen LogP contribution in [0.1, 0.15) is 16.7 Å². The second-order valence-corrected chi connectivity index (χ2v) is 11.2. The van der Waals surface area contributed by atoms with Crippen molar-refractivity contribution < 1.29 is 17.7 Å². The smallest absolute Gasteiger partial charge is 0.167 e. The number of hydrogen-bond donors (Lipinski definition) is 0. The Bertz CT molecular complexity index is 1260. The lowest BCUT2D eigenvalue weighted by Gasteiger charge is -2.12. The van der Waals surface area contributed by atoms with E-state index < -0.39 is 10.1 Å². The Morgan fingerprint density at radius 3 is 1.50 bits per heavy atom. The Kier molecular flexibility index (Phi) is 8.56. The van der Waals surface area contributed by atoms with Crippen molar-refractivity contribution in [2.75, 3.05) is 7.11 Å². The van der Waals surface area contributed by atoms with Gasteiger partial charge < -0.3 is 9.29 Å². The average molecular weight is 493 g/mol. The first-order valence-electron chi connectivity index (χ1n) is 10.7. The summed E-state index contributed by atoms with van der Waals surface area (Å²) in [6.07, 6.45) is 0. The second-order valence-electron chi connectivity index (χ2n) is 7.79. The van der Waals surface area contributed by atoms with Crippen molar-refractivity contribution in [3.63, 3.8) is 0 Å². The first-order chi connectivity index (χ1) is 16.2. The SMILES string of the molecule is COc1c(C)cc([S+](c2ccccc2)c2ccccc2)cc1C.Cc1ccc(S(=O)(=O)[O-])cc1. The average Bonchev–Trinajstić information content (AvgIpc) is 2.81. The fraction of sp³-hybridized carbons (Fsp3) is 0.143. The maximum absolute atomic E-state index is 10.4. The Morgan fingerprint density at radius 1 is 0.676 bits per heavy atom. The van der Waals surface area contributed by atoms with Crippen LogP contribution in [0.2, 0.25) is 0 Å². The third-order valence-corrected chi connectivity index (χ3v) is 8.18. The highest BCUT2D eigenvalue weighted by molar-refractivity contribution is 7.97. The molecule has 0 saturated heterocycles. The Labute approximate surface area is 205 Å². The van der Waals surface area contributed by atoms with Gasteiger partial charge in [0, 0.05) is 12.1 Å². The third kappa shape index (κ3) is 6.50. The van der Waals surface area contributed by atoms with Gasteiger partial charge in [-0.05, 0) is 68.3 Å². The molecule has 34 heavy (non-hydrogen) atoms. The van der Waals surface area contributed by atoms with Crippen LogP contribution in [-0.4, -0.2) is 20.1 Å². The first kappa shape index (κ1) is 25.6. The molecule has 0 heterocycles. The van der Waals surface area contributed by atoms with Crippen LogP contribution < -0.4 is 4.74 Å². The van der Waals surface area contributed by atoms with Gasteiger partial charge in [0.2, 0.25) is 0 Å². The quantitative estimate of drug-likeness (QED) is 0.242. The van der Waals surface area contributed by atoms with Gasteiger partial charge in [-0.1, -0.05) is 54.1 Å². The topological polar surface area (TPSA) is 66.4 Å². The molecule has 0 N–H and O–H groups in total. The number of hydrogen-bond acceptors (Lipinski definition) is 4. The minimum atomic E-state index is -4.27.